The van der Waals surface area contributed by atoms with Gasteiger partial charge in [0, 0.05) is 0 Å². The van der Waals surface area contributed by atoms with Crippen molar-refractivity contribution in [3.05, 3.63) is 71.5 Å². The number of imide groups is 1. The molecule has 3 rings (SSSR count). The molecule has 2 aromatic rings. The van der Waals surface area contributed by atoms with E-state index in [0.29, 0.717) is 12.0 Å². The summed E-state index contributed by atoms with van der Waals surface area (Å²) in [7, 11) is 0. The van der Waals surface area contributed by atoms with Crippen molar-refractivity contribution in [1.29, 1.82) is 0 Å². The number of amides is 2. The molecule has 11 heteroatoms. The molecule has 0 aliphatic carbocycles. The van der Waals surface area contributed by atoms with Crippen LogP contribution in [0.15, 0.2) is 54.6 Å². The van der Waals surface area contributed by atoms with Crippen molar-refractivity contribution in [2.24, 2.45) is 5.73 Å². The molecule has 1 saturated heterocycles. The highest BCUT2D eigenvalue weighted by molar-refractivity contribution is 5.96. The van der Waals surface area contributed by atoms with E-state index in [0.717, 1.165) is 10.5 Å². The Bertz CT molecular complexity index is 919. The standard InChI is InChI=1S/C18H17FN2O3.C2HF3O2/c19-14-8-6-13(7-9-14)16(20)17(22)21-15(11-24-18(21)23)10-12-4-2-1-3-5-12;3-2(4,5)1(6)7/h1-9,15-16H,10-11,20H2;(H,6,7)/t15-,16?;/m0./s1. The normalized spacial score (nSPS) is 16.7. The lowest BCUT2D eigenvalue weighted by Gasteiger charge is -2.23. The fourth-order valence-electron chi connectivity index (χ4n) is 2.73. The molecular formula is C20H18F4N2O5. The van der Waals surface area contributed by atoms with Gasteiger partial charge >= 0.3 is 18.2 Å². The van der Waals surface area contributed by atoms with Gasteiger partial charge in [0.1, 0.15) is 18.5 Å². The number of carbonyl (C=O) groups excluding carboxylic acids is 2. The first-order valence-electron chi connectivity index (χ1n) is 8.85. The van der Waals surface area contributed by atoms with E-state index < -0.39 is 42.0 Å². The van der Waals surface area contributed by atoms with Crippen LogP contribution in [0.25, 0.3) is 0 Å². The van der Waals surface area contributed by atoms with Crippen LogP contribution in [0.5, 0.6) is 0 Å². The number of nitrogens with two attached hydrogens (primary N) is 1. The SMILES string of the molecule is NC(C(=O)N1C(=O)OC[C@@H]1Cc1ccccc1)c1ccc(F)cc1.O=C(O)C(F)(F)F. The number of carboxylic acid groups (broad SMARTS) is 1. The summed E-state index contributed by atoms with van der Waals surface area (Å²) < 4.78 is 49.8. The lowest BCUT2D eigenvalue weighted by atomic mass is 10.0. The van der Waals surface area contributed by atoms with E-state index in [1.54, 1.807) is 0 Å². The molecule has 0 radical (unpaired) electrons. The first-order chi connectivity index (χ1) is 14.5. The molecule has 1 aliphatic rings. The van der Waals surface area contributed by atoms with E-state index in [9.17, 15) is 27.2 Å². The number of aliphatic carboxylic acids is 1. The molecule has 1 heterocycles. The van der Waals surface area contributed by atoms with E-state index in [-0.39, 0.29) is 6.61 Å². The molecule has 166 valence electrons. The fraction of sp³-hybridized carbons (Fsp3) is 0.250. The predicted octanol–water partition coefficient (Wildman–Crippen LogP) is 3.05. The zero-order chi connectivity index (χ0) is 23.2. The Hall–Kier alpha value is -3.47. The van der Waals surface area contributed by atoms with E-state index in [1.807, 2.05) is 30.3 Å². The van der Waals surface area contributed by atoms with Gasteiger partial charge in [-0.1, -0.05) is 42.5 Å². The number of hydrogen-bond acceptors (Lipinski definition) is 5. The molecule has 31 heavy (non-hydrogen) atoms. The number of cyclic esters (lactones) is 1. The van der Waals surface area contributed by atoms with Gasteiger partial charge in [0.25, 0.3) is 5.91 Å². The Morgan fingerprint density at radius 1 is 1.13 bits per heavy atom. The zero-order valence-electron chi connectivity index (χ0n) is 15.9. The van der Waals surface area contributed by atoms with Gasteiger partial charge in [0.15, 0.2) is 0 Å². The summed E-state index contributed by atoms with van der Waals surface area (Å²) in [5.41, 5.74) is 7.40. The average Bonchev–Trinajstić information content (AvgIpc) is 3.08. The van der Waals surface area contributed by atoms with Crippen LogP contribution in [0.3, 0.4) is 0 Å². The Balaban J connectivity index is 0.000000423. The van der Waals surface area contributed by atoms with Crippen molar-refractivity contribution >= 4 is 18.0 Å². The third-order valence-electron chi connectivity index (χ3n) is 4.25. The molecule has 0 saturated carbocycles. The van der Waals surface area contributed by atoms with Gasteiger partial charge in [-0.2, -0.15) is 13.2 Å². The van der Waals surface area contributed by atoms with Crippen molar-refractivity contribution in [2.45, 2.75) is 24.7 Å². The van der Waals surface area contributed by atoms with Crippen LogP contribution >= 0.6 is 0 Å². The molecule has 1 aliphatic heterocycles. The Morgan fingerprint density at radius 2 is 1.68 bits per heavy atom. The lowest BCUT2D eigenvalue weighted by Crippen LogP contribution is -2.45. The third-order valence-corrected chi connectivity index (χ3v) is 4.25. The monoisotopic (exact) mass is 442 g/mol. The summed E-state index contributed by atoms with van der Waals surface area (Å²) in [4.78, 5) is 34.6. The molecular weight excluding hydrogens is 424 g/mol. The van der Waals surface area contributed by atoms with Crippen molar-refractivity contribution in [1.82, 2.24) is 4.90 Å². The van der Waals surface area contributed by atoms with Crippen LogP contribution in [0.2, 0.25) is 0 Å². The molecule has 0 aromatic heterocycles. The summed E-state index contributed by atoms with van der Waals surface area (Å²) in [6.45, 7) is 0.135. The summed E-state index contributed by atoms with van der Waals surface area (Å²) in [6, 6.07) is 13.4. The fourth-order valence-corrected chi connectivity index (χ4v) is 2.73. The average molecular weight is 442 g/mol. The van der Waals surface area contributed by atoms with Gasteiger partial charge in [-0.25, -0.2) is 18.9 Å². The highest BCUT2D eigenvalue weighted by Gasteiger charge is 2.40. The van der Waals surface area contributed by atoms with E-state index in [2.05, 4.69) is 0 Å². The van der Waals surface area contributed by atoms with E-state index >= 15 is 0 Å². The van der Waals surface area contributed by atoms with Gasteiger partial charge in [-0.15, -0.1) is 0 Å². The Morgan fingerprint density at radius 3 is 2.19 bits per heavy atom. The third kappa shape index (κ3) is 6.51. The molecule has 0 spiro atoms. The second kappa shape index (κ2) is 10.0. The molecule has 1 unspecified atom stereocenters. The minimum Gasteiger partial charge on any atom is -0.475 e. The maximum absolute atomic E-state index is 13.0. The number of alkyl halides is 3. The van der Waals surface area contributed by atoms with Crippen molar-refractivity contribution in [2.75, 3.05) is 6.61 Å². The molecule has 2 atom stereocenters. The Labute approximate surface area is 174 Å². The van der Waals surface area contributed by atoms with Crippen LogP contribution in [-0.4, -0.2) is 46.8 Å². The number of halogens is 4. The van der Waals surface area contributed by atoms with Crippen molar-refractivity contribution in [3.8, 4) is 0 Å². The summed E-state index contributed by atoms with van der Waals surface area (Å²) in [5, 5.41) is 7.12. The van der Waals surface area contributed by atoms with Crippen molar-refractivity contribution in [3.63, 3.8) is 0 Å². The second-order valence-electron chi connectivity index (χ2n) is 6.46. The molecule has 0 bridgehead atoms. The number of carbonyl (C=O) groups is 3. The van der Waals surface area contributed by atoms with Crippen LogP contribution in [0, 0.1) is 5.82 Å². The number of carboxylic acids is 1. The van der Waals surface area contributed by atoms with Crippen molar-refractivity contribution < 1.29 is 41.8 Å². The molecule has 1 fully saturated rings. The number of nitrogens with zero attached hydrogens (tertiary/aromatic N) is 1. The summed E-state index contributed by atoms with van der Waals surface area (Å²) >= 11 is 0. The summed E-state index contributed by atoms with van der Waals surface area (Å²) in [5.74, 6) is -3.72. The number of ether oxygens (including phenoxy) is 1. The lowest BCUT2D eigenvalue weighted by molar-refractivity contribution is -0.192. The van der Waals surface area contributed by atoms with E-state index in [1.165, 1.54) is 24.3 Å². The number of benzene rings is 2. The van der Waals surface area contributed by atoms with E-state index in [4.69, 9.17) is 20.4 Å². The van der Waals surface area contributed by atoms with Crippen LogP contribution < -0.4 is 5.73 Å². The first-order valence-corrected chi connectivity index (χ1v) is 8.85. The van der Waals surface area contributed by atoms with Crippen LogP contribution in [0.4, 0.5) is 22.4 Å². The largest absolute Gasteiger partial charge is 0.490 e. The molecule has 7 nitrogen and oxygen atoms in total. The maximum Gasteiger partial charge on any atom is 0.490 e. The highest BCUT2D eigenvalue weighted by Crippen LogP contribution is 2.22. The van der Waals surface area contributed by atoms with Gasteiger partial charge in [-0.05, 0) is 29.7 Å². The molecule has 2 amide bonds. The van der Waals surface area contributed by atoms with Crippen LogP contribution in [-0.2, 0) is 20.7 Å². The molecule has 2 aromatic carbocycles. The summed E-state index contributed by atoms with van der Waals surface area (Å²) in [6.07, 6.45) is -5.28. The highest BCUT2D eigenvalue weighted by atomic mass is 19.4. The zero-order valence-corrected chi connectivity index (χ0v) is 15.9. The van der Waals surface area contributed by atoms with Crippen LogP contribution in [0.1, 0.15) is 17.2 Å². The predicted molar refractivity (Wildman–Crippen MR) is 99.1 cm³/mol. The minimum absolute atomic E-state index is 0.135. The first kappa shape index (κ1) is 23.8. The second-order valence-corrected chi connectivity index (χ2v) is 6.46. The topological polar surface area (TPSA) is 110 Å². The Kier molecular flexibility index (Phi) is 7.70. The maximum atomic E-state index is 13.0. The number of hydrogen-bond donors (Lipinski definition) is 2. The van der Waals surface area contributed by atoms with Gasteiger partial charge < -0.3 is 15.6 Å². The number of rotatable bonds is 4. The minimum atomic E-state index is -5.08. The quantitative estimate of drug-likeness (QED) is 0.705. The smallest absolute Gasteiger partial charge is 0.475 e. The van der Waals surface area contributed by atoms with Gasteiger partial charge in [0.05, 0.1) is 6.04 Å². The van der Waals surface area contributed by atoms with Gasteiger partial charge in [-0.3, -0.25) is 4.79 Å². The van der Waals surface area contributed by atoms with Gasteiger partial charge in [0.2, 0.25) is 0 Å². The molecule has 3 N–H and O–H groups in total.